The van der Waals surface area contributed by atoms with Gasteiger partial charge in [0.15, 0.2) is 11.6 Å². The molecule has 0 saturated carbocycles. The quantitative estimate of drug-likeness (QED) is 0.433. The zero-order valence-electron chi connectivity index (χ0n) is 18.9. The van der Waals surface area contributed by atoms with Gasteiger partial charge in [-0.25, -0.2) is 18.7 Å². The van der Waals surface area contributed by atoms with E-state index in [2.05, 4.69) is 32.1 Å². The van der Waals surface area contributed by atoms with Gasteiger partial charge in [0.25, 0.3) is 0 Å². The molecular formula is C24H21F2N7OS. The normalized spacial score (nSPS) is 18.1. The van der Waals surface area contributed by atoms with Gasteiger partial charge in [-0.2, -0.15) is 5.26 Å². The maximum Gasteiger partial charge on any atom is 0.226 e. The predicted octanol–water partition coefficient (Wildman–Crippen LogP) is 3.86. The first kappa shape index (κ1) is 22.0. The molecule has 3 aromatic heterocycles. The highest BCUT2D eigenvalue weighted by atomic mass is 32.1. The van der Waals surface area contributed by atoms with E-state index >= 15 is 4.39 Å². The van der Waals surface area contributed by atoms with Crippen LogP contribution in [0.5, 0.6) is 0 Å². The number of anilines is 2. The molecule has 1 saturated heterocycles. The zero-order chi connectivity index (χ0) is 24.3. The number of halogens is 2. The van der Waals surface area contributed by atoms with Crippen LogP contribution in [0.3, 0.4) is 0 Å². The van der Waals surface area contributed by atoms with Crippen molar-refractivity contribution in [1.29, 1.82) is 5.26 Å². The summed E-state index contributed by atoms with van der Waals surface area (Å²) in [5.74, 6) is -0.751. The molecule has 1 fully saturated rings. The Bertz CT molecular complexity index is 1550. The lowest BCUT2D eigenvalue weighted by atomic mass is 9.94. The van der Waals surface area contributed by atoms with E-state index in [0.717, 1.165) is 49.2 Å². The van der Waals surface area contributed by atoms with Crippen molar-refractivity contribution < 1.29 is 13.5 Å². The fourth-order valence-corrected chi connectivity index (χ4v) is 5.91. The Morgan fingerprint density at radius 1 is 1.26 bits per heavy atom. The van der Waals surface area contributed by atoms with Crippen LogP contribution in [0.2, 0.25) is 0 Å². The van der Waals surface area contributed by atoms with Crippen molar-refractivity contribution in [2.75, 3.05) is 30.3 Å². The molecule has 0 spiro atoms. The van der Waals surface area contributed by atoms with Crippen molar-refractivity contribution >= 4 is 43.3 Å². The topological polar surface area (TPSA) is 113 Å². The van der Waals surface area contributed by atoms with Crippen LogP contribution in [0.15, 0.2) is 12.4 Å². The highest BCUT2D eigenvalue weighted by molar-refractivity contribution is 7.23. The Balaban J connectivity index is 1.64. The first-order valence-corrected chi connectivity index (χ1v) is 12.1. The van der Waals surface area contributed by atoms with Gasteiger partial charge < -0.3 is 20.7 Å². The number of thiophene rings is 1. The maximum atomic E-state index is 16.4. The second-order valence-corrected chi connectivity index (χ2v) is 9.84. The summed E-state index contributed by atoms with van der Waals surface area (Å²) in [6, 6.07) is 2.17. The fraction of sp³-hybridized carbons (Fsp3) is 0.333. The van der Waals surface area contributed by atoms with Crippen LogP contribution in [0.4, 0.5) is 19.7 Å². The Hall–Kier alpha value is -3.46. The predicted molar refractivity (Wildman–Crippen MR) is 130 cm³/mol. The van der Waals surface area contributed by atoms with E-state index in [1.54, 1.807) is 6.20 Å². The highest BCUT2D eigenvalue weighted by Crippen LogP contribution is 2.45. The van der Waals surface area contributed by atoms with Gasteiger partial charge in [0.1, 0.15) is 16.6 Å². The highest BCUT2D eigenvalue weighted by Gasteiger charge is 2.30. The SMILES string of the molecule is C[C@H]1CNCCCN1c1ncc2c3c(c(-c4ncc(F)c5sc(N)c(C#N)c45)c(F)c2n1)COC3. The van der Waals surface area contributed by atoms with E-state index in [9.17, 15) is 9.65 Å². The molecule has 2 aliphatic heterocycles. The number of fused-ring (bicyclic) bond motifs is 4. The third-order valence-corrected chi connectivity index (χ3v) is 7.74. The van der Waals surface area contributed by atoms with Crippen LogP contribution in [-0.4, -0.2) is 40.6 Å². The van der Waals surface area contributed by atoms with Crippen molar-refractivity contribution in [2.45, 2.75) is 32.6 Å². The molecule has 0 unspecified atom stereocenters. The molecule has 4 aromatic rings. The Morgan fingerprint density at radius 2 is 2.09 bits per heavy atom. The van der Waals surface area contributed by atoms with Crippen LogP contribution < -0.4 is 16.0 Å². The van der Waals surface area contributed by atoms with E-state index < -0.39 is 11.6 Å². The van der Waals surface area contributed by atoms with E-state index in [0.29, 0.717) is 16.9 Å². The Labute approximate surface area is 203 Å². The van der Waals surface area contributed by atoms with Crippen molar-refractivity contribution in [2.24, 2.45) is 0 Å². The monoisotopic (exact) mass is 493 g/mol. The Kier molecular flexibility index (Phi) is 5.25. The van der Waals surface area contributed by atoms with Gasteiger partial charge in [-0.3, -0.25) is 4.98 Å². The minimum absolute atomic E-state index is 0.0911. The number of nitrogens with one attached hydrogen (secondary N) is 1. The summed E-state index contributed by atoms with van der Waals surface area (Å²) in [7, 11) is 0. The van der Waals surface area contributed by atoms with Crippen molar-refractivity contribution in [3.05, 3.63) is 40.7 Å². The molecule has 11 heteroatoms. The largest absolute Gasteiger partial charge is 0.389 e. The van der Waals surface area contributed by atoms with Crippen LogP contribution in [0.1, 0.15) is 30.0 Å². The number of ether oxygens (including phenoxy) is 1. The molecule has 0 radical (unpaired) electrons. The zero-order valence-corrected chi connectivity index (χ0v) is 19.7. The number of pyridine rings is 1. The van der Waals surface area contributed by atoms with Gasteiger partial charge in [0.2, 0.25) is 5.95 Å². The summed E-state index contributed by atoms with van der Waals surface area (Å²) in [6.45, 7) is 4.94. The van der Waals surface area contributed by atoms with Gasteiger partial charge in [-0.15, -0.1) is 11.3 Å². The molecule has 35 heavy (non-hydrogen) atoms. The van der Waals surface area contributed by atoms with Gasteiger partial charge in [0, 0.05) is 41.7 Å². The summed E-state index contributed by atoms with van der Waals surface area (Å²) < 4.78 is 36.8. The molecule has 0 aliphatic carbocycles. The second-order valence-electron chi connectivity index (χ2n) is 8.78. The van der Waals surface area contributed by atoms with E-state index in [4.69, 9.17) is 10.5 Å². The van der Waals surface area contributed by atoms with Gasteiger partial charge in [0.05, 0.1) is 35.4 Å². The smallest absolute Gasteiger partial charge is 0.226 e. The summed E-state index contributed by atoms with van der Waals surface area (Å²) in [5, 5.41) is 14.0. The molecule has 0 bridgehead atoms. The number of hydrogen-bond donors (Lipinski definition) is 2. The number of nitrogen functional groups attached to an aromatic ring is 1. The number of hydrogen-bond acceptors (Lipinski definition) is 9. The molecular weight excluding hydrogens is 472 g/mol. The second kappa shape index (κ2) is 8.34. The minimum atomic E-state index is -0.607. The molecule has 0 amide bonds. The van der Waals surface area contributed by atoms with Crippen LogP contribution in [0.25, 0.3) is 32.2 Å². The van der Waals surface area contributed by atoms with E-state index in [1.165, 1.54) is 0 Å². The maximum absolute atomic E-state index is 16.4. The third kappa shape index (κ3) is 3.32. The number of nitrogens with two attached hydrogens (primary N) is 1. The summed E-state index contributed by atoms with van der Waals surface area (Å²) in [5.41, 5.74) is 7.95. The van der Waals surface area contributed by atoms with E-state index in [-0.39, 0.29) is 56.7 Å². The molecule has 6 rings (SSSR count). The summed E-state index contributed by atoms with van der Waals surface area (Å²) in [4.78, 5) is 15.6. The third-order valence-electron chi connectivity index (χ3n) is 6.71. The standard InChI is InChI=1S/C24H21F2N7OS/c1-11-6-29-3-2-4-33(11)24-31-7-13-14-9-34-10-15(14)17(19(26)20(13)32-24)21-18-12(5-27)23(28)35-22(18)16(25)8-30-21/h7-8,11,29H,2-4,6,9-10,28H2,1H3/t11-/m0/s1. The van der Waals surface area contributed by atoms with Crippen LogP contribution in [0, 0.1) is 23.0 Å². The summed E-state index contributed by atoms with van der Waals surface area (Å²) in [6.07, 6.45) is 3.61. The molecule has 3 N–H and O–H groups in total. The number of nitrogens with zero attached hydrogens (tertiary/aromatic N) is 5. The van der Waals surface area contributed by atoms with Crippen molar-refractivity contribution in [3.63, 3.8) is 0 Å². The molecule has 8 nitrogen and oxygen atoms in total. The number of nitriles is 1. The van der Waals surface area contributed by atoms with Crippen LogP contribution >= 0.6 is 11.3 Å². The number of aromatic nitrogens is 3. The molecule has 178 valence electrons. The van der Waals surface area contributed by atoms with E-state index in [1.807, 2.05) is 6.07 Å². The fourth-order valence-electron chi connectivity index (χ4n) is 4.99. The Morgan fingerprint density at radius 3 is 2.91 bits per heavy atom. The molecule has 1 atom stereocenters. The molecule has 2 aliphatic rings. The summed E-state index contributed by atoms with van der Waals surface area (Å²) >= 11 is 0.953. The average Bonchev–Trinajstić information content (AvgIpc) is 3.40. The van der Waals surface area contributed by atoms with Crippen LogP contribution in [-0.2, 0) is 18.0 Å². The lowest BCUT2D eigenvalue weighted by Crippen LogP contribution is -2.38. The molecule has 5 heterocycles. The first-order valence-electron chi connectivity index (χ1n) is 11.3. The van der Waals surface area contributed by atoms with Gasteiger partial charge in [-0.05, 0) is 31.0 Å². The minimum Gasteiger partial charge on any atom is -0.389 e. The molecule has 1 aromatic carbocycles. The van der Waals surface area contributed by atoms with Gasteiger partial charge >= 0.3 is 0 Å². The lowest BCUT2D eigenvalue weighted by Gasteiger charge is -2.27. The first-order chi connectivity index (χ1) is 17.0. The van der Waals surface area contributed by atoms with Crippen molar-refractivity contribution in [1.82, 2.24) is 20.3 Å². The average molecular weight is 494 g/mol. The van der Waals surface area contributed by atoms with Gasteiger partial charge in [-0.1, -0.05) is 0 Å². The lowest BCUT2D eigenvalue weighted by molar-refractivity contribution is 0.135. The van der Waals surface area contributed by atoms with Crippen molar-refractivity contribution in [3.8, 4) is 17.3 Å². The number of benzene rings is 1. The number of rotatable bonds is 2.